The maximum Gasteiger partial charge on any atom is 0.0897 e. The average Bonchev–Trinajstić information content (AvgIpc) is 2.99. The molecular formula is C15H18N2S. The fourth-order valence-corrected chi connectivity index (χ4v) is 3.68. The zero-order valence-corrected chi connectivity index (χ0v) is 11.7. The van der Waals surface area contributed by atoms with Crippen molar-refractivity contribution >= 4 is 11.3 Å². The van der Waals surface area contributed by atoms with Crippen LogP contribution in [0.3, 0.4) is 0 Å². The summed E-state index contributed by atoms with van der Waals surface area (Å²) in [6, 6.07) is 7.22. The molecule has 2 aromatic rings. The summed E-state index contributed by atoms with van der Waals surface area (Å²) in [5.41, 5.74) is 4.44. The first-order chi connectivity index (χ1) is 8.78. The minimum absolute atomic E-state index is 0.280. The van der Waals surface area contributed by atoms with E-state index in [0.29, 0.717) is 0 Å². The van der Waals surface area contributed by atoms with Crippen LogP contribution in [0, 0.1) is 6.92 Å². The molecule has 3 heteroatoms. The number of nitrogens with one attached hydrogen (secondary N) is 1. The summed E-state index contributed by atoms with van der Waals surface area (Å²) < 4.78 is 0. The Morgan fingerprint density at radius 3 is 2.83 bits per heavy atom. The molecule has 18 heavy (non-hydrogen) atoms. The van der Waals surface area contributed by atoms with Gasteiger partial charge in [-0.25, -0.2) is 4.98 Å². The SMILES string of the molecule is CNC(c1ccc2c(c1)CCC2)c1cnc(C)s1. The minimum atomic E-state index is 0.280. The van der Waals surface area contributed by atoms with Gasteiger partial charge in [-0.05, 0) is 49.9 Å². The predicted molar refractivity (Wildman–Crippen MR) is 76.2 cm³/mol. The van der Waals surface area contributed by atoms with Crippen molar-refractivity contribution in [2.75, 3.05) is 7.05 Å². The van der Waals surface area contributed by atoms with E-state index in [9.17, 15) is 0 Å². The van der Waals surface area contributed by atoms with Crippen LogP contribution in [0.15, 0.2) is 24.4 Å². The molecule has 1 heterocycles. The third kappa shape index (κ3) is 2.08. The van der Waals surface area contributed by atoms with E-state index < -0.39 is 0 Å². The van der Waals surface area contributed by atoms with E-state index in [2.05, 4.69) is 35.4 Å². The molecule has 1 N–H and O–H groups in total. The number of benzene rings is 1. The molecule has 0 saturated carbocycles. The van der Waals surface area contributed by atoms with Crippen molar-refractivity contribution in [3.05, 3.63) is 51.0 Å². The van der Waals surface area contributed by atoms with Crippen molar-refractivity contribution in [3.63, 3.8) is 0 Å². The molecule has 94 valence electrons. The van der Waals surface area contributed by atoms with Crippen molar-refractivity contribution in [1.82, 2.24) is 10.3 Å². The van der Waals surface area contributed by atoms with Crippen molar-refractivity contribution in [2.24, 2.45) is 0 Å². The number of hydrogen-bond donors (Lipinski definition) is 1. The van der Waals surface area contributed by atoms with Crippen LogP contribution < -0.4 is 5.32 Å². The number of fused-ring (bicyclic) bond motifs is 1. The van der Waals surface area contributed by atoms with E-state index in [0.717, 1.165) is 5.01 Å². The Balaban J connectivity index is 1.96. The van der Waals surface area contributed by atoms with Gasteiger partial charge in [-0.3, -0.25) is 0 Å². The molecule has 0 saturated heterocycles. The zero-order chi connectivity index (χ0) is 12.5. The minimum Gasteiger partial charge on any atom is -0.309 e. The van der Waals surface area contributed by atoms with Crippen molar-refractivity contribution < 1.29 is 0 Å². The summed E-state index contributed by atoms with van der Waals surface area (Å²) in [6.07, 6.45) is 5.79. The molecule has 0 fully saturated rings. The van der Waals surface area contributed by atoms with E-state index in [1.807, 2.05) is 13.2 Å². The Labute approximate surface area is 112 Å². The maximum absolute atomic E-state index is 4.36. The Bertz CT molecular complexity index is 559. The van der Waals surface area contributed by atoms with Gasteiger partial charge in [0.05, 0.1) is 11.0 Å². The highest BCUT2D eigenvalue weighted by atomic mass is 32.1. The molecule has 3 rings (SSSR count). The first-order valence-corrected chi connectivity index (χ1v) is 7.31. The molecular weight excluding hydrogens is 240 g/mol. The van der Waals surface area contributed by atoms with Crippen molar-refractivity contribution in [2.45, 2.75) is 32.2 Å². The van der Waals surface area contributed by atoms with Crippen LogP contribution in [-0.2, 0) is 12.8 Å². The molecule has 0 spiro atoms. The molecule has 0 aliphatic heterocycles. The van der Waals surface area contributed by atoms with Gasteiger partial charge in [-0.2, -0.15) is 0 Å². The summed E-state index contributed by atoms with van der Waals surface area (Å²) in [5.74, 6) is 0. The van der Waals surface area contributed by atoms with E-state index >= 15 is 0 Å². The molecule has 1 atom stereocenters. The second kappa shape index (κ2) is 4.82. The third-order valence-electron chi connectivity index (χ3n) is 3.67. The van der Waals surface area contributed by atoms with Crippen LogP contribution in [0.25, 0.3) is 0 Å². The molecule has 1 aromatic carbocycles. The van der Waals surface area contributed by atoms with Crippen LogP contribution in [0.4, 0.5) is 0 Å². The predicted octanol–water partition coefficient (Wildman–Crippen LogP) is 3.25. The van der Waals surface area contributed by atoms with Crippen molar-refractivity contribution in [1.29, 1.82) is 0 Å². The molecule has 0 bridgehead atoms. The molecule has 1 aliphatic rings. The Morgan fingerprint density at radius 1 is 1.28 bits per heavy atom. The largest absolute Gasteiger partial charge is 0.309 e. The Kier molecular flexibility index (Phi) is 3.18. The lowest BCUT2D eigenvalue weighted by atomic mass is 10.0. The zero-order valence-electron chi connectivity index (χ0n) is 10.9. The van der Waals surface area contributed by atoms with Crippen LogP contribution >= 0.6 is 11.3 Å². The number of nitrogens with zero attached hydrogens (tertiary/aromatic N) is 1. The van der Waals surface area contributed by atoms with Gasteiger partial charge < -0.3 is 5.32 Å². The number of hydrogen-bond acceptors (Lipinski definition) is 3. The maximum atomic E-state index is 4.36. The molecule has 1 aromatic heterocycles. The lowest BCUT2D eigenvalue weighted by Crippen LogP contribution is -2.16. The standard InChI is InChI=1S/C15H18N2S/c1-10-17-9-14(18-10)15(16-2)13-7-6-11-4-3-5-12(11)8-13/h6-9,15-16H,3-5H2,1-2H3. The summed E-state index contributed by atoms with van der Waals surface area (Å²) in [5, 5.41) is 4.54. The quantitative estimate of drug-likeness (QED) is 0.914. The second-order valence-electron chi connectivity index (χ2n) is 4.89. The van der Waals surface area contributed by atoms with Gasteiger partial charge >= 0.3 is 0 Å². The van der Waals surface area contributed by atoms with E-state index in [-0.39, 0.29) is 6.04 Å². The number of aromatic nitrogens is 1. The van der Waals surface area contributed by atoms with Gasteiger partial charge in [0, 0.05) is 11.1 Å². The topological polar surface area (TPSA) is 24.9 Å². The smallest absolute Gasteiger partial charge is 0.0897 e. The van der Waals surface area contributed by atoms with E-state index in [1.54, 1.807) is 11.3 Å². The lowest BCUT2D eigenvalue weighted by Gasteiger charge is -2.15. The summed E-state index contributed by atoms with van der Waals surface area (Å²) in [6.45, 7) is 2.06. The highest BCUT2D eigenvalue weighted by molar-refractivity contribution is 7.11. The normalized spacial score (nSPS) is 15.7. The molecule has 0 amide bonds. The Hall–Kier alpha value is -1.19. The monoisotopic (exact) mass is 258 g/mol. The van der Waals surface area contributed by atoms with Crippen LogP contribution in [0.1, 0.15) is 39.0 Å². The van der Waals surface area contributed by atoms with Gasteiger partial charge in [0.1, 0.15) is 0 Å². The lowest BCUT2D eigenvalue weighted by molar-refractivity contribution is 0.701. The van der Waals surface area contributed by atoms with Crippen LogP contribution in [-0.4, -0.2) is 12.0 Å². The van der Waals surface area contributed by atoms with Gasteiger partial charge in [0.15, 0.2) is 0 Å². The third-order valence-corrected chi connectivity index (χ3v) is 4.65. The Morgan fingerprint density at radius 2 is 2.11 bits per heavy atom. The van der Waals surface area contributed by atoms with Crippen molar-refractivity contribution in [3.8, 4) is 0 Å². The fraction of sp³-hybridized carbons (Fsp3) is 0.400. The average molecular weight is 258 g/mol. The molecule has 0 radical (unpaired) electrons. The van der Waals surface area contributed by atoms with Crippen LogP contribution in [0.2, 0.25) is 0 Å². The highest BCUT2D eigenvalue weighted by Crippen LogP contribution is 2.30. The van der Waals surface area contributed by atoms with Crippen LogP contribution in [0.5, 0.6) is 0 Å². The number of thiazole rings is 1. The summed E-state index contributed by atoms with van der Waals surface area (Å²) in [7, 11) is 2.02. The summed E-state index contributed by atoms with van der Waals surface area (Å²) in [4.78, 5) is 5.66. The fourth-order valence-electron chi connectivity index (χ4n) is 2.76. The molecule has 2 nitrogen and oxygen atoms in total. The number of rotatable bonds is 3. The summed E-state index contributed by atoms with van der Waals surface area (Å²) >= 11 is 1.77. The van der Waals surface area contributed by atoms with Gasteiger partial charge in [0.25, 0.3) is 0 Å². The second-order valence-corrected chi connectivity index (χ2v) is 6.15. The number of aryl methyl sites for hydroxylation is 3. The van der Waals surface area contributed by atoms with Gasteiger partial charge in [-0.15, -0.1) is 11.3 Å². The van der Waals surface area contributed by atoms with Gasteiger partial charge in [-0.1, -0.05) is 18.2 Å². The van der Waals surface area contributed by atoms with E-state index in [1.165, 1.54) is 40.8 Å². The first kappa shape index (κ1) is 11.9. The first-order valence-electron chi connectivity index (χ1n) is 6.49. The highest BCUT2D eigenvalue weighted by Gasteiger charge is 2.17. The van der Waals surface area contributed by atoms with Gasteiger partial charge in [0.2, 0.25) is 0 Å². The van der Waals surface area contributed by atoms with E-state index in [4.69, 9.17) is 0 Å². The molecule has 1 unspecified atom stereocenters. The molecule has 1 aliphatic carbocycles.